The Hall–Kier alpha value is -1.39. The Morgan fingerprint density at radius 2 is 2.00 bits per heavy atom. The Balaban J connectivity index is 2.06. The largest absolute Gasteiger partial charge is 0.464 e. The summed E-state index contributed by atoms with van der Waals surface area (Å²) in [6.07, 6.45) is 3.08. The summed E-state index contributed by atoms with van der Waals surface area (Å²) in [7, 11) is 0. The average Bonchev–Trinajstić information content (AvgIpc) is 2.47. The van der Waals surface area contributed by atoms with Crippen molar-refractivity contribution >= 4 is 5.97 Å². The third kappa shape index (κ3) is 4.05. The summed E-state index contributed by atoms with van der Waals surface area (Å²) < 4.78 is 5.18. The Morgan fingerprint density at radius 3 is 2.65 bits per heavy atom. The molecule has 0 spiro atoms. The standard InChI is InChI=1S/C16H23NO3/c1-13(19)20-12-16-9-5-8-15(11-18)17(16)10-14-6-3-2-4-7-14/h2-4,6-7,15-16,18H,5,8-12H2,1H3/t15-,16+/m0/s1. The number of aliphatic hydroxyl groups excluding tert-OH is 1. The molecule has 1 fully saturated rings. The number of carbonyl (C=O) groups is 1. The first-order valence-electron chi connectivity index (χ1n) is 7.24. The monoisotopic (exact) mass is 277 g/mol. The van der Waals surface area contributed by atoms with Gasteiger partial charge in [-0.3, -0.25) is 9.69 Å². The van der Waals surface area contributed by atoms with Gasteiger partial charge in [0.2, 0.25) is 0 Å². The molecule has 20 heavy (non-hydrogen) atoms. The first-order valence-corrected chi connectivity index (χ1v) is 7.24. The highest BCUT2D eigenvalue weighted by molar-refractivity contribution is 5.65. The minimum Gasteiger partial charge on any atom is -0.464 e. The number of nitrogens with zero attached hydrogens (tertiary/aromatic N) is 1. The summed E-state index contributed by atoms with van der Waals surface area (Å²) in [4.78, 5) is 13.3. The van der Waals surface area contributed by atoms with Gasteiger partial charge in [-0.2, -0.15) is 0 Å². The number of ether oxygens (including phenoxy) is 1. The molecule has 1 N–H and O–H groups in total. The Labute approximate surface area is 120 Å². The third-order valence-electron chi connectivity index (χ3n) is 3.91. The van der Waals surface area contributed by atoms with Crippen LogP contribution in [0.25, 0.3) is 0 Å². The molecule has 110 valence electrons. The van der Waals surface area contributed by atoms with E-state index in [1.165, 1.54) is 12.5 Å². The quantitative estimate of drug-likeness (QED) is 0.836. The van der Waals surface area contributed by atoms with Gasteiger partial charge in [0.25, 0.3) is 0 Å². The molecule has 0 saturated carbocycles. The Morgan fingerprint density at radius 1 is 1.30 bits per heavy atom. The van der Waals surface area contributed by atoms with Gasteiger partial charge in [-0.1, -0.05) is 36.8 Å². The summed E-state index contributed by atoms with van der Waals surface area (Å²) in [5.41, 5.74) is 1.22. The van der Waals surface area contributed by atoms with Crippen molar-refractivity contribution in [1.82, 2.24) is 4.90 Å². The molecule has 4 heteroatoms. The van der Waals surface area contributed by atoms with E-state index in [1.54, 1.807) is 0 Å². The maximum atomic E-state index is 11.0. The molecule has 0 aromatic heterocycles. The first-order chi connectivity index (χ1) is 9.70. The van der Waals surface area contributed by atoms with E-state index in [-0.39, 0.29) is 24.7 Å². The van der Waals surface area contributed by atoms with Crippen LogP contribution in [0.15, 0.2) is 30.3 Å². The van der Waals surface area contributed by atoms with Gasteiger partial charge in [0.05, 0.1) is 6.61 Å². The SMILES string of the molecule is CC(=O)OC[C@H]1CCC[C@@H](CO)N1Cc1ccccc1. The average molecular weight is 277 g/mol. The van der Waals surface area contributed by atoms with Crippen molar-refractivity contribution in [2.45, 2.75) is 44.8 Å². The molecule has 0 bridgehead atoms. The Bertz CT molecular complexity index is 421. The molecular formula is C16H23NO3. The second-order valence-electron chi connectivity index (χ2n) is 5.38. The molecule has 1 saturated heterocycles. The first kappa shape index (κ1) is 15.0. The fraction of sp³-hybridized carbons (Fsp3) is 0.562. The van der Waals surface area contributed by atoms with Gasteiger partial charge in [-0.05, 0) is 18.4 Å². The van der Waals surface area contributed by atoms with Gasteiger partial charge in [0, 0.05) is 25.6 Å². The number of likely N-dealkylation sites (tertiary alicyclic amines) is 1. The molecular weight excluding hydrogens is 254 g/mol. The molecule has 2 atom stereocenters. The van der Waals surface area contributed by atoms with Crippen molar-refractivity contribution in [3.8, 4) is 0 Å². The lowest BCUT2D eigenvalue weighted by Crippen LogP contribution is -2.49. The van der Waals surface area contributed by atoms with E-state index < -0.39 is 0 Å². The van der Waals surface area contributed by atoms with Crippen molar-refractivity contribution in [2.75, 3.05) is 13.2 Å². The lowest BCUT2D eigenvalue weighted by molar-refractivity contribution is -0.144. The lowest BCUT2D eigenvalue weighted by atomic mass is 9.95. The smallest absolute Gasteiger partial charge is 0.302 e. The van der Waals surface area contributed by atoms with Crippen molar-refractivity contribution in [2.24, 2.45) is 0 Å². The summed E-state index contributed by atoms with van der Waals surface area (Å²) in [5.74, 6) is -0.240. The molecule has 2 rings (SSSR count). The number of rotatable bonds is 5. The normalized spacial score (nSPS) is 23.5. The van der Waals surface area contributed by atoms with Crippen LogP contribution < -0.4 is 0 Å². The molecule has 1 aromatic carbocycles. The molecule has 0 aliphatic carbocycles. The van der Waals surface area contributed by atoms with Gasteiger partial charge in [0.15, 0.2) is 0 Å². The Kier molecular flexibility index (Phi) is 5.56. The maximum absolute atomic E-state index is 11.0. The predicted molar refractivity (Wildman–Crippen MR) is 77.1 cm³/mol. The molecule has 0 radical (unpaired) electrons. The van der Waals surface area contributed by atoms with Crippen LogP contribution >= 0.6 is 0 Å². The minimum absolute atomic E-state index is 0.156. The van der Waals surface area contributed by atoms with Crippen LogP contribution in [-0.2, 0) is 16.1 Å². The van der Waals surface area contributed by atoms with Crippen LogP contribution in [0.4, 0.5) is 0 Å². The molecule has 0 amide bonds. The molecule has 1 heterocycles. The van der Waals surface area contributed by atoms with Crippen LogP contribution in [0.3, 0.4) is 0 Å². The molecule has 1 aliphatic heterocycles. The zero-order valence-electron chi connectivity index (χ0n) is 12.0. The van der Waals surface area contributed by atoms with E-state index in [4.69, 9.17) is 4.74 Å². The van der Waals surface area contributed by atoms with E-state index in [0.29, 0.717) is 6.61 Å². The molecule has 1 aromatic rings. The van der Waals surface area contributed by atoms with Crippen LogP contribution in [0.5, 0.6) is 0 Å². The summed E-state index contributed by atoms with van der Waals surface area (Å²) in [6, 6.07) is 10.6. The van der Waals surface area contributed by atoms with Gasteiger partial charge in [-0.15, -0.1) is 0 Å². The van der Waals surface area contributed by atoms with Crippen LogP contribution in [0.2, 0.25) is 0 Å². The molecule has 1 aliphatic rings. The maximum Gasteiger partial charge on any atom is 0.302 e. The number of esters is 1. The van der Waals surface area contributed by atoms with E-state index >= 15 is 0 Å². The van der Waals surface area contributed by atoms with Crippen molar-refractivity contribution in [3.63, 3.8) is 0 Å². The highest BCUT2D eigenvalue weighted by Crippen LogP contribution is 2.25. The predicted octanol–water partition coefficient (Wildman–Crippen LogP) is 1.97. The highest BCUT2D eigenvalue weighted by Gasteiger charge is 2.30. The fourth-order valence-electron chi connectivity index (χ4n) is 2.86. The van der Waals surface area contributed by atoms with Crippen molar-refractivity contribution in [3.05, 3.63) is 35.9 Å². The van der Waals surface area contributed by atoms with Gasteiger partial charge in [-0.25, -0.2) is 0 Å². The van der Waals surface area contributed by atoms with Crippen molar-refractivity contribution in [1.29, 1.82) is 0 Å². The third-order valence-corrected chi connectivity index (χ3v) is 3.91. The van der Waals surface area contributed by atoms with E-state index in [2.05, 4.69) is 17.0 Å². The van der Waals surface area contributed by atoms with Crippen LogP contribution in [0, 0.1) is 0 Å². The van der Waals surface area contributed by atoms with Crippen LogP contribution in [-0.4, -0.2) is 41.3 Å². The fourth-order valence-corrected chi connectivity index (χ4v) is 2.86. The molecule has 0 unspecified atom stereocenters. The minimum atomic E-state index is -0.240. The number of aliphatic hydroxyl groups is 1. The van der Waals surface area contributed by atoms with Crippen LogP contribution in [0.1, 0.15) is 31.7 Å². The number of piperidine rings is 1. The zero-order chi connectivity index (χ0) is 14.4. The summed E-state index contributed by atoms with van der Waals surface area (Å²) in [6.45, 7) is 2.80. The number of hydrogen-bond acceptors (Lipinski definition) is 4. The van der Waals surface area contributed by atoms with Gasteiger partial charge >= 0.3 is 5.97 Å². The summed E-state index contributed by atoms with van der Waals surface area (Å²) >= 11 is 0. The molecule has 4 nitrogen and oxygen atoms in total. The van der Waals surface area contributed by atoms with Crippen molar-refractivity contribution < 1.29 is 14.6 Å². The van der Waals surface area contributed by atoms with Gasteiger partial charge in [0.1, 0.15) is 6.61 Å². The number of hydrogen-bond donors (Lipinski definition) is 1. The number of benzene rings is 1. The van der Waals surface area contributed by atoms with E-state index in [0.717, 1.165) is 25.8 Å². The second kappa shape index (κ2) is 7.41. The zero-order valence-corrected chi connectivity index (χ0v) is 12.0. The lowest BCUT2D eigenvalue weighted by Gasteiger charge is -2.41. The van der Waals surface area contributed by atoms with Gasteiger partial charge < -0.3 is 9.84 Å². The van der Waals surface area contributed by atoms with E-state index in [1.807, 2.05) is 18.2 Å². The second-order valence-corrected chi connectivity index (χ2v) is 5.38. The summed E-state index contributed by atoms with van der Waals surface area (Å²) in [5, 5.41) is 9.59. The highest BCUT2D eigenvalue weighted by atomic mass is 16.5. The topological polar surface area (TPSA) is 49.8 Å². The van der Waals surface area contributed by atoms with E-state index in [9.17, 15) is 9.90 Å². The number of carbonyl (C=O) groups excluding carboxylic acids is 1.